The minimum atomic E-state index is 0.421. The van der Waals surface area contributed by atoms with Crippen LogP contribution < -0.4 is 0 Å². The molecule has 2 unspecified atom stereocenters. The van der Waals surface area contributed by atoms with Gasteiger partial charge in [0.05, 0.1) is 0 Å². The summed E-state index contributed by atoms with van der Waals surface area (Å²) in [6.45, 7) is 11.0. The van der Waals surface area contributed by atoms with E-state index in [0.29, 0.717) is 17.6 Å². The van der Waals surface area contributed by atoms with Gasteiger partial charge in [-0.1, -0.05) is 41.0 Å². The SMILES string of the molecule is CCCCSc1cc(C(C)CC)c(O)c(C(C)CC)c1. The molecule has 0 spiro atoms. The first-order valence-corrected chi connectivity index (χ1v) is 9.03. The van der Waals surface area contributed by atoms with Crippen molar-refractivity contribution in [3.8, 4) is 5.75 Å². The third-order valence-corrected chi connectivity index (χ3v) is 5.26. The number of hydrogen-bond acceptors (Lipinski definition) is 2. The van der Waals surface area contributed by atoms with Gasteiger partial charge in [-0.15, -0.1) is 11.8 Å². The summed E-state index contributed by atoms with van der Waals surface area (Å²) in [4.78, 5) is 1.32. The molecule has 0 heterocycles. The van der Waals surface area contributed by atoms with Crippen LogP contribution in [0.2, 0.25) is 0 Å². The Morgan fingerprint density at radius 3 is 1.90 bits per heavy atom. The van der Waals surface area contributed by atoms with Crippen molar-refractivity contribution in [2.24, 2.45) is 0 Å². The molecule has 2 atom stereocenters. The van der Waals surface area contributed by atoms with Crippen LogP contribution >= 0.6 is 11.8 Å². The topological polar surface area (TPSA) is 20.2 Å². The molecule has 0 saturated carbocycles. The van der Waals surface area contributed by atoms with Crippen molar-refractivity contribution in [1.82, 2.24) is 0 Å². The number of hydrogen-bond donors (Lipinski definition) is 1. The largest absolute Gasteiger partial charge is 0.507 e. The van der Waals surface area contributed by atoms with Crippen molar-refractivity contribution < 1.29 is 5.11 Å². The molecule has 20 heavy (non-hydrogen) atoms. The molecule has 0 saturated heterocycles. The fourth-order valence-corrected chi connectivity index (χ4v) is 3.35. The molecular formula is C18H30OS. The fourth-order valence-electron chi connectivity index (χ4n) is 2.26. The number of thioether (sulfide) groups is 1. The molecule has 1 aromatic rings. The minimum Gasteiger partial charge on any atom is -0.507 e. The van der Waals surface area contributed by atoms with Crippen LogP contribution in [0.25, 0.3) is 0 Å². The molecule has 0 aliphatic carbocycles. The lowest BCUT2D eigenvalue weighted by Gasteiger charge is -2.19. The maximum absolute atomic E-state index is 10.6. The molecule has 1 nitrogen and oxygen atoms in total. The Balaban J connectivity index is 3.12. The van der Waals surface area contributed by atoms with Crippen molar-refractivity contribution in [2.45, 2.75) is 77.0 Å². The van der Waals surface area contributed by atoms with Crippen LogP contribution in [0.3, 0.4) is 0 Å². The van der Waals surface area contributed by atoms with Gasteiger partial charge in [0.25, 0.3) is 0 Å². The molecule has 1 N–H and O–H groups in total. The van der Waals surface area contributed by atoms with Gasteiger partial charge in [-0.2, -0.15) is 0 Å². The molecule has 0 amide bonds. The summed E-state index contributed by atoms with van der Waals surface area (Å²) in [5.41, 5.74) is 2.26. The maximum atomic E-state index is 10.6. The predicted molar refractivity (Wildman–Crippen MR) is 91.2 cm³/mol. The van der Waals surface area contributed by atoms with E-state index in [1.807, 2.05) is 11.8 Å². The second-order valence-electron chi connectivity index (χ2n) is 5.77. The van der Waals surface area contributed by atoms with Crippen molar-refractivity contribution in [2.75, 3.05) is 5.75 Å². The molecular weight excluding hydrogens is 264 g/mol. The Morgan fingerprint density at radius 1 is 1.00 bits per heavy atom. The number of aromatic hydroxyl groups is 1. The summed E-state index contributed by atoms with van der Waals surface area (Å²) >= 11 is 1.93. The summed E-state index contributed by atoms with van der Waals surface area (Å²) in [5, 5.41) is 10.6. The van der Waals surface area contributed by atoms with E-state index in [1.54, 1.807) is 0 Å². The van der Waals surface area contributed by atoms with Gasteiger partial charge in [-0.25, -0.2) is 0 Å². The monoisotopic (exact) mass is 294 g/mol. The molecule has 114 valence electrons. The lowest BCUT2D eigenvalue weighted by molar-refractivity contribution is 0.448. The Hall–Kier alpha value is -0.630. The van der Waals surface area contributed by atoms with Crippen molar-refractivity contribution in [1.29, 1.82) is 0 Å². The Labute approximate surface area is 129 Å². The predicted octanol–water partition coefficient (Wildman–Crippen LogP) is 6.31. The number of unbranched alkanes of at least 4 members (excludes halogenated alkanes) is 1. The van der Waals surface area contributed by atoms with Crippen molar-refractivity contribution >= 4 is 11.8 Å². The fraction of sp³-hybridized carbons (Fsp3) is 0.667. The van der Waals surface area contributed by atoms with Crippen LogP contribution in [0.5, 0.6) is 5.75 Å². The molecule has 0 aromatic heterocycles. The van der Waals surface area contributed by atoms with Crippen LogP contribution in [0.15, 0.2) is 17.0 Å². The molecule has 0 aliphatic heterocycles. The van der Waals surface area contributed by atoms with Crippen LogP contribution in [0.4, 0.5) is 0 Å². The smallest absolute Gasteiger partial charge is 0.122 e. The third-order valence-electron chi connectivity index (χ3n) is 4.20. The van der Waals surface area contributed by atoms with Gasteiger partial charge in [0.2, 0.25) is 0 Å². The van der Waals surface area contributed by atoms with E-state index in [-0.39, 0.29) is 0 Å². The Bertz CT molecular complexity index is 383. The van der Waals surface area contributed by atoms with Gasteiger partial charge in [-0.05, 0) is 60.1 Å². The second kappa shape index (κ2) is 8.61. The van der Waals surface area contributed by atoms with Gasteiger partial charge < -0.3 is 5.11 Å². The molecule has 0 radical (unpaired) electrons. The van der Waals surface area contributed by atoms with Crippen LogP contribution in [0, 0.1) is 0 Å². The average Bonchev–Trinajstić information content (AvgIpc) is 2.47. The van der Waals surface area contributed by atoms with Crippen LogP contribution in [0.1, 0.15) is 83.3 Å². The van der Waals surface area contributed by atoms with Gasteiger partial charge in [0.1, 0.15) is 5.75 Å². The highest BCUT2D eigenvalue weighted by Crippen LogP contribution is 2.39. The van der Waals surface area contributed by atoms with Gasteiger partial charge in [-0.3, -0.25) is 0 Å². The highest BCUT2D eigenvalue weighted by Gasteiger charge is 2.17. The van der Waals surface area contributed by atoms with Crippen LogP contribution in [-0.2, 0) is 0 Å². The summed E-state index contributed by atoms with van der Waals surface area (Å²) in [6.07, 6.45) is 4.62. The maximum Gasteiger partial charge on any atom is 0.122 e. The van der Waals surface area contributed by atoms with E-state index >= 15 is 0 Å². The quantitative estimate of drug-likeness (QED) is 0.447. The molecule has 1 rings (SSSR count). The summed E-state index contributed by atoms with van der Waals surface area (Å²) in [6, 6.07) is 4.41. The molecule has 1 aromatic carbocycles. The zero-order valence-corrected chi connectivity index (χ0v) is 14.5. The Morgan fingerprint density at radius 2 is 1.50 bits per heavy atom. The third kappa shape index (κ3) is 4.44. The highest BCUT2D eigenvalue weighted by atomic mass is 32.2. The van der Waals surface area contributed by atoms with Gasteiger partial charge in [0.15, 0.2) is 0 Å². The summed E-state index contributed by atoms with van der Waals surface area (Å²) in [7, 11) is 0. The summed E-state index contributed by atoms with van der Waals surface area (Å²) < 4.78 is 0. The number of phenols is 1. The molecule has 2 heteroatoms. The molecule has 0 bridgehead atoms. The molecule has 0 aliphatic rings. The van der Waals surface area contributed by atoms with E-state index in [4.69, 9.17) is 0 Å². The van der Waals surface area contributed by atoms with Crippen molar-refractivity contribution in [3.63, 3.8) is 0 Å². The van der Waals surface area contributed by atoms with E-state index < -0.39 is 0 Å². The molecule has 0 fully saturated rings. The standard InChI is InChI=1S/C18H30OS/c1-6-9-10-20-15-11-16(13(4)7-2)18(19)17(12-15)14(5)8-3/h11-14,19H,6-10H2,1-5H3. The normalized spacial score (nSPS) is 14.2. The second-order valence-corrected chi connectivity index (χ2v) is 6.94. The first-order chi connectivity index (χ1) is 9.54. The average molecular weight is 295 g/mol. The van der Waals surface area contributed by atoms with E-state index in [0.717, 1.165) is 24.0 Å². The van der Waals surface area contributed by atoms with Gasteiger partial charge >= 0.3 is 0 Å². The first kappa shape index (κ1) is 17.4. The zero-order valence-electron chi connectivity index (χ0n) is 13.7. The van der Waals surface area contributed by atoms with E-state index in [1.165, 1.54) is 23.5 Å². The Kier molecular flexibility index (Phi) is 7.50. The number of rotatable bonds is 8. The van der Waals surface area contributed by atoms with Gasteiger partial charge in [0, 0.05) is 4.90 Å². The number of benzene rings is 1. The van der Waals surface area contributed by atoms with Crippen LogP contribution in [-0.4, -0.2) is 10.9 Å². The van der Waals surface area contributed by atoms with E-state index in [9.17, 15) is 5.11 Å². The van der Waals surface area contributed by atoms with Crippen molar-refractivity contribution in [3.05, 3.63) is 23.3 Å². The lowest BCUT2D eigenvalue weighted by Crippen LogP contribution is -2.00. The zero-order chi connectivity index (χ0) is 15.1. The lowest BCUT2D eigenvalue weighted by atomic mass is 9.90. The number of phenolic OH excluding ortho intramolecular Hbond substituents is 1. The first-order valence-electron chi connectivity index (χ1n) is 8.04. The summed E-state index contributed by atoms with van der Waals surface area (Å²) in [5.74, 6) is 2.55. The minimum absolute atomic E-state index is 0.421. The van der Waals surface area contributed by atoms with E-state index in [2.05, 4.69) is 46.8 Å². The highest BCUT2D eigenvalue weighted by molar-refractivity contribution is 7.99.